The molecule has 0 fully saturated rings. The number of sulfonamides is 1. The average molecular weight is 460 g/mol. The second-order valence-corrected chi connectivity index (χ2v) is 8.78. The summed E-state index contributed by atoms with van der Waals surface area (Å²) in [5, 5.41) is 0.178. The third-order valence-electron chi connectivity index (χ3n) is 4.57. The number of carbonyl (C=O) groups is 1. The second-order valence-electron chi connectivity index (χ2n) is 6.58. The van der Waals surface area contributed by atoms with E-state index in [1.807, 2.05) is 19.1 Å². The zero-order valence-electron chi connectivity index (χ0n) is 17.1. The Balaban J connectivity index is 1.94. The molecule has 0 saturated carbocycles. The van der Waals surface area contributed by atoms with Crippen LogP contribution >= 0.6 is 11.6 Å². The Hall–Kier alpha value is -3.03. The highest BCUT2D eigenvalue weighted by molar-refractivity contribution is 7.93. The van der Waals surface area contributed by atoms with Crippen LogP contribution in [-0.2, 0) is 21.2 Å². The molecule has 162 valence electrons. The van der Waals surface area contributed by atoms with Gasteiger partial charge in [-0.15, -0.1) is 0 Å². The summed E-state index contributed by atoms with van der Waals surface area (Å²) >= 11 is 6.19. The van der Waals surface area contributed by atoms with E-state index in [-0.39, 0.29) is 15.6 Å². The zero-order valence-corrected chi connectivity index (χ0v) is 18.7. The van der Waals surface area contributed by atoms with Crippen LogP contribution in [0.25, 0.3) is 0 Å². The number of hydrogen-bond donors (Lipinski definition) is 0. The Bertz CT molecular complexity index is 1150. The lowest BCUT2D eigenvalue weighted by Crippen LogP contribution is -2.40. The minimum absolute atomic E-state index is 0.0254. The standard InChI is InChI=1S/C23H22ClNO5S/c1-3-17-9-12-19(13-10-17)30-16-23(26)25(18-11-14-22(29-2)21(24)15-18)31(27,28)20-7-5-4-6-8-20/h4-15H,3,16H2,1-2H3. The van der Waals surface area contributed by atoms with E-state index in [2.05, 4.69) is 0 Å². The first-order valence-electron chi connectivity index (χ1n) is 9.55. The number of methoxy groups -OCH3 is 1. The summed E-state index contributed by atoms with van der Waals surface area (Å²) in [6.45, 7) is 1.56. The highest BCUT2D eigenvalue weighted by atomic mass is 35.5. The van der Waals surface area contributed by atoms with Crippen LogP contribution in [0, 0.1) is 0 Å². The van der Waals surface area contributed by atoms with Gasteiger partial charge in [-0.2, -0.15) is 4.31 Å². The molecule has 0 heterocycles. The largest absolute Gasteiger partial charge is 0.495 e. The molecule has 3 aromatic carbocycles. The number of benzene rings is 3. The van der Waals surface area contributed by atoms with Crippen LogP contribution < -0.4 is 13.8 Å². The summed E-state index contributed by atoms with van der Waals surface area (Å²) in [6.07, 6.45) is 0.876. The monoisotopic (exact) mass is 459 g/mol. The van der Waals surface area contributed by atoms with E-state index >= 15 is 0 Å². The molecule has 0 aliphatic rings. The SMILES string of the molecule is CCc1ccc(OCC(=O)N(c2ccc(OC)c(Cl)c2)S(=O)(=O)c2ccccc2)cc1. The maximum Gasteiger partial charge on any atom is 0.278 e. The van der Waals surface area contributed by atoms with Crippen LogP contribution in [0.1, 0.15) is 12.5 Å². The van der Waals surface area contributed by atoms with Crippen molar-refractivity contribution in [2.45, 2.75) is 18.2 Å². The van der Waals surface area contributed by atoms with Gasteiger partial charge in [0, 0.05) is 0 Å². The summed E-state index contributed by atoms with van der Waals surface area (Å²) in [7, 11) is -2.75. The summed E-state index contributed by atoms with van der Waals surface area (Å²) in [6, 6.07) is 19.3. The summed E-state index contributed by atoms with van der Waals surface area (Å²) in [4.78, 5) is 13.0. The first-order chi connectivity index (χ1) is 14.9. The van der Waals surface area contributed by atoms with E-state index in [4.69, 9.17) is 21.1 Å². The quantitative estimate of drug-likeness (QED) is 0.487. The van der Waals surface area contributed by atoms with Gasteiger partial charge in [-0.05, 0) is 54.4 Å². The Kier molecular flexibility index (Phi) is 7.20. The second kappa shape index (κ2) is 9.85. The molecular weight excluding hydrogens is 438 g/mol. The minimum atomic E-state index is -4.20. The third-order valence-corrected chi connectivity index (χ3v) is 6.63. The van der Waals surface area contributed by atoms with Crippen LogP contribution in [0.5, 0.6) is 11.5 Å². The van der Waals surface area contributed by atoms with Gasteiger partial charge in [0.15, 0.2) is 6.61 Å². The molecule has 0 aliphatic heterocycles. The number of nitrogens with zero attached hydrogens (tertiary/aromatic N) is 1. The van der Waals surface area contributed by atoms with Gasteiger partial charge in [0.05, 0.1) is 22.7 Å². The van der Waals surface area contributed by atoms with E-state index in [1.165, 1.54) is 37.4 Å². The molecule has 8 heteroatoms. The van der Waals surface area contributed by atoms with Crippen LogP contribution in [-0.4, -0.2) is 28.0 Å². The Morgan fingerprint density at radius 2 is 1.68 bits per heavy atom. The number of carbonyl (C=O) groups excluding carboxylic acids is 1. The van der Waals surface area contributed by atoms with Crippen molar-refractivity contribution in [3.8, 4) is 11.5 Å². The lowest BCUT2D eigenvalue weighted by molar-refractivity contribution is -0.119. The predicted octanol–water partition coefficient (Wildman–Crippen LogP) is 4.71. The van der Waals surface area contributed by atoms with Gasteiger partial charge < -0.3 is 9.47 Å². The molecule has 0 aromatic heterocycles. The summed E-state index contributed by atoms with van der Waals surface area (Å²) in [5.41, 5.74) is 1.21. The molecule has 0 aliphatic carbocycles. The molecule has 0 saturated heterocycles. The van der Waals surface area contributed by atoms with E-state index in [9.17, 15) is 13.2 Å². The fraction of sp³-hybridized carbons (Fsp3) is 0.174. The lowest BCUT2D eigenvalue weighted by Gasteiger charge is -2.23. The third kappa shape index (κ3) is 5.18. The maximum atomic E-state index is 13.3. The van der Waals surface area contributed by atoms with Crippen molar-refractivity contribution in [1.82, 2.24) is 0 Å². The van der Waals surface area contributed by atoms with Gasteiger partial charge in [0.25, 0.3) is 15.9 Å². The number of amides is 1. The molecule has 0 bridgehead atoms. The normalized spacial score (nSPS) is 11.1. The van der Waals surface area contributed by atoms with Crippen molar-refractivity contribution in [3.05, 3.63) is 83.4 Å². The first-order valence-corrected chi connectivity index (χ1v) is 11.4. The summed E-state index contributed by atoms with van der Waals surface area (Å²) < 4.78 is 38.0. The molecule has 3 rings (SSSR count). The van der Waals surface area contributed by atoms with Gasteiger partial charge in [0.2, 0.25) is 0 Å². The lowest BCUT2D eigenvalue weighted by atomic mass is 10.2. The molecule has 3 aromatic rings. The fourth-order valence-corrected chi connectivity index (χ4v) is 4.60. The van der Waals surface area contributed by atoms with Crippen molar-refractivity contribution >= 4 is 33.2 Å². The molecular formula is C23H22ClNO5S. The van der Waals surface area contributed by atoms with Crippen LogP contribution in [0.4, 0.5) is 5.69 Å². The van der Waals surface area contributed by atoms with Crippen LogP contribution in [0.15, 0.2) is 77.7 Å². The van der Waals surface area contributed by atoms with E-state index in [1.54, 1.807) is 30.3 Å². The summed E-state index contributed by atoms with van der Waals surface area (Å²) in [5.74, 6) is 0.0715. The number of rotatable bonds is 8. The molecule has 0 radical (unpaired) electrons. The van der Waals surface area contributed by atoms with Crippen molar-refractivity contribution in [2.75, 3.05) is 18.0 Å². The number of anilines is 1. The Labute approximate surface area is 187 Å². The van der Waals surface area contributed by atoms with Gasteiger partial charge in [-0.1, -0.05) is 48.9 Å². The molecule has 0 N–H and O–H groups in total. The Morgan fingerprint density at radius 1 is 1.00 bits per heavy atom. The van der Waals surface area contributed by atoms with Crippen molar-refractivity contribution < 1.29 is 22.7 Å². The van der Waals surface area contributed by atoms with Gasteiger partial charge in [-0.3, -0.25) is 4.79 Å². The van der Waals surface area contributed by atoms with Gasteiger partial charge in [0.1, 0.15) is 11.5 Å². The molecule has 1 amide bonds. The van der Waals surface area contributed by atoms with E-state index in [0.717, 1.165) is 12.0 Å². The number of hydrogen-bond acceptors (Lipinski definition) is 5. The molecule has 6 nitrogen and oxygen atoms in total. The van der Waals surface area contributed by atoms with Crippen LogP contribution in [0.3, 0.4) is 0 Å². The predicted molar refractivity (Wildman–Crippen MR) is 120 cm³/mol. The smallest absolute Gasteiger partial charge is 0.278 e. The van der Waals surface area contributed by atoms with Crippen molar-refractivity contribution in [2.24, 2.45) is 0 Å². The van der Waals surface area contributed by atoms with E-state index in [0.29, 0.717) is 15.8 Å². The molecule has 0 spiro atoms. The molecule has 0 atom stereocenters. The highest BCUT2D eigenvalue weighted by Gasteiger charge is 2.31. The maximum absolute atomic E-state index is 13.3. The van der Waals surface area contributed by atoms with Gasteiger partial charge in [-0.25, -0.2) is 8.42 Å². The average Bonchev–Trinajstić information content (AvgIpc) is 2.79. The minimum Gasteiger partial charge on any atom is -0.495 e. The first kappa shape index (κ1) is 22.7. The number of ether oxygens (including phenoxy) is 2. The fourth-order valence-electron chi connectivity index (χ4n) is 2.92. The number of aryl methyl sites for hydroxylation is 1. The van der Waals surface area contributed by atoms with Crippen molar-refractivity contribution in [1.29, 1.82) is 0 Å². The topological polar surface area (TPSA) is 72.9 Å². The molecule has 31 heavy (non-hydrogen) atoms. The highest BCUT2D eigenvalue weighted by Crippen LogP contribution is 2.32. The van der Waals surface area contributed by atoms with Crippen molar-refractivity contribution in [3.63, 3.8) is 0 Å². The molecule has 0 unspecified atom stereocenters. The number of halogens is 1. The Morgan fingerprint density at radius 3 is 2.26 bits per heavy atom. The van der Waals surface area contributed by atoms with Gasteiger partial charge >= 0.3 is 0 Å². The van der Waals surface area contributed by atoms with E-state index < -0.39 is 22.5 Å². The van der Waals surface area contributed by atoms with Crippen LogP contribution in [0.2, 0.25) is 5.02 Å². The zero-order chi connectivity index (χ0) is 22.4.